The SMILES string of the molecule is CCN1CCCC1CNC(=O)c1ccc(NC(=O)Cc2ccc(Br)c(Oc3cc(Cl)cc(C#N)c3)c2F)c(Cl)c1. The van der Waals surface area contributed by atoms with Crippen molar-refractivity contribution in [2.75, 3.05) is 25.0 Å². The average Bonchev–Trinajstić information content (AvgIpc) is 3.39. The molecular weight excluding hydrogens is 622 g/mol. The molecule has 40 heavy (non-hydrogen) atoms. The summed E-state index contributed by atoms with van der Waals surface area (Å²) in [7, 11) is 0. The molecule has 11 heteroatoms. The van der Waals surface area contributed by atoms with Crippen LogP contribution in [-0.4, -0.2) is 42.4 Å². The van der Waals surface area contributed by atoms with E-state index in [1.165, 1.54) is 30.3 Å². The number of ether oxygens (including phenoxy) is 1. The number of nitrogens with zero attached hydrogens (tertiary/aromatic N) is 2. The molecule has 0 spiro atoms. The van der Waals surface area contributed by atoms with Crippen molar-refractivity contribution < 1.29 is 18.7 Å². The fraction of sp³-hybridized carbons (Fsp3) is 0.276. The van der Waals surface area contributed by atoms with Crippen LogP contribution in [0.3, 0.4) is 0 Å². The van der Waals surface area contributed by atoms with Crippen LogP contribution >= 0.6 is 39.1 Å². The summed E-state index contributed by atoms with van der Waals surface area (Å²) in [5.74, 6) is -1.47. The lowest BCUT2D eigenvalue weighted by Crippen LogP contribution is -2.40. The van der Waals surface area contributed by atoms with Crippen LogP contribution in [0, 0.1) is 17.1 Å². The molecule has 1 aliphatic rings. The van der Waals surface area contributed by atoms with Crippen LogP contribution in [0.25, 0.3) is 0 Å². The standard InChI is InChI=1S/C29H26BrCl2FN4O3/c1-2-37-9-3-4-21(37)16-35-29(39)19-6-8-25(24(32)12-19)36-26(38)13-18-5-7-23(30)28(27(18)33)40-22-11-17(15-34)10-20(31)14-22/h5-8,10-12,14,21H,2-4,9,13,16H2,1H3,(H,35,39)(H,36,38). The van der Waals surface area contributed by atoms with Crippen LogP contribution in [0.15, 0.2) is 53.0 Å². The van der Waals surface area contributed by atoms with Gasteiger partial charge in [-0.05, 0) is 84.3 Å². The second-order valence-electron chi connectivity index (χ2n) is 9.29. The van der Waals surface area contributed by atoms with Gasteiger partial charge in [0.1, 0.15) is 5.75 Å². The first-order chi connectivity index (χ1) is 19.2. The molecule has 1 atom stereocenters. The number of anilines is 1. The van der Waals surface area contributed by atoms with E-state index >= 15 is 4.39 Å². The monoisotopic (exact) mass is 646 g/mol. The van der Waals surface area contributed by atoms with Crippen LogP contribution in [0.2, 0.25) is 10.0 Å². The summed E-state index contributed by atoms with van der Waals surface area (Å²) >= 11 is 15.6. The van der Waals surface area contributed by atoms with Crippen LogP contribution in [0.5, 0.6) is 11.5 Å². The summed E-state index contributed by atoms with van der Waals surface area (Å²) in [6, 6.07) is 14.3. The molecule has 1 aliphatic heterocycles. The van der Waals surface area contributed by atoms with Gasteiger partial charge >= 0.3 is 0 Å². The lowest BCUT2D eigenvalue weighted by atomic mass is 10.1. The van der Waals surface area contributed by atoms with Crippen molar-refractivity contribution in [1.29, 1.82) is 5.26 Å². The topological polar surface area (TPSA) is 94.5 Å². The van der Waals surface area contributed by atoms with Crippen LogP contribution in [0.1, 0.15) is 41.3 Å². The van der Waals surface area contributed by atoms with E-state index in [1.54, 1.807) is 18.2 Å². The molecule has 4 rings (SSSR count). The number of benzene rings is 3. The third-order valence-electron chi connectivity index (χ3n) is 6.61. The summed E-state index contributed by atoms with van der Waals surface area (Å²) in [6.45, 7) is 4.66. The molecule has 2 amide bonds. The van der Waals surface area contributed by atoms with Gasteiger partial charge in [0, 0.05) is 28.7 Å². The number of carbonyl (C=O) groups is 2. The Labute approximate surface area is 250 Å². The van der Waals surface area contributed by atoms with Crippen molar-refractivity contribution in [3.63, 3.8) is 0 Å². The molecule has 1 saturated heterocycles. The predicted molar refractivity (Wildman–Crippen MR) is 157 cm³/mol. The Balaban J connectivity index is 1.40. The lowest BCUT2D eigenvalue weighted by Gasteiger charge is -2.22. The number of carbonyl (C=O) groups excluding carboxylic acids is 2. The number of rotatable bonds is 9. The van der Waals surface area contributed by atoms with Crippen molar-refractivity contribution in [3.05, 3.63) is 85.6 Å². The van der Waals surface area contributed by atoms with Crippen molar-refractivity contribution in [3.8, 4) is 17.6 Å². The van der Waals surface area contributed by atoms with Gasteiger partial charge in [0.25, 0.3) is 5.91 Å². The molecule has 1 unspecified atom stereocenters. The molecule has 0 aliphatic carbocycles. The number of nitriles is 1. The number of hydrogen-bond acceptors (Lipinski definition) is 5. The number of likely N-dealkylation sites (N-methyl/N-ethyl adjacent to an activating group) is 1. The molecule has 0 bridgehead atoms. The Morgan fingerprint density at radius 1 is 1.20 bits per heavy atom. The number of likely N-dealkylation sites (tertiary alicyclic amines) is 1. The molecule has 3 aromatic carbocycles. The first kappa shape index (κ1) is 29.8. The highest BCUT2D eigenvalue weighted by molar-refractivity contribution is 9.10. The van der Waals surface area contributed by atoms with Gasteiger partial charge in [0.15, 0.2) is 11.6 Å². The van der Waals surface area contributed by atoms with Gasteiger partial charge in [-0.25, -0.2) is 4.39 Å². The minimum Gasteiger partial charge on any atom is -0.453 e. The summed E-state index contributed by atoms with van der Waals surface area (Å²) in [6.07, 6.45) is 1.87. The summed E-state index contributed by atoms with van der Waals surface area (Å²) in [5, 5.41) is 15.2. The third-order valence-corrected chi connectivity index (χ3v) is 7.76. The summed E-state index contributed by atoms with van der Waals surface area (Å²) in [5.41, 5.74) is 1.02. The molecular formula is C29H26BrCl2FN4O3. The third kappa shape index (κ3) is 7.32. The zero-order valence-electron chi connectivity index (χ0n) is 21.6. The Hall–Kier alpha value is -3.16. The maximum absolute atomic E-state index is 15.3. The van der Waals surface area contributed by atoms with Crippen LogP contribution in [0.4, 0.5) is 10.1 Å². The maximum atomic E-state index is 15.3. The molecule has 1 heterocycles. The van der Waals surface area contributed by atoms with E-state index in [4.69, 9.17) is 33.2 Å². The van der Waals surface area contributed by atoms with Gasteiger partial charge in [-0.15, -0.1) is 0 Å². The Bertz CT molecular complexity index is 1480. The van der Waals surface area contributed by atoms with E-state index in [-0.39, 0.29) is 45.0 Å². The first-order valence-electron chi connectivity index (χ1n) is 12.7. The maximum Gasteiger partial charge on any atom is 0.251 e. The minimum atomic E-state index is -0.745. The number of halogens is 4. The molecule has 0 aromatic heterocycles. The first-order valence-corrected chi connectivity index (χ1v) is 14.2. The van der Waals surface area contributed by atoms with Gasteiger partial charge in [-0.2, -0.15) is 5.26 Å². The Kier molecular flexibility index (Phi) is 10.0. The highest BCUT2D eigenvalue weighted by Crippen LogP contribution is 2.36. The van der Waals surface area contributed by atoms with Gasteiger partial charge in [0.2, 0.25) is 5.91 Å². The van der Waals surface area contributed by atoms with E-state index in [0.29, 0.717) is 28.3 Å². The number of nitrogens with one attached hydrogen (secondary N) is 2. The van der Waals surface area contributed by atoms with Crippen LogP contribution < -0.4 is 15.4 Å². The van der Waals surface area contributed by atoms with Gasteiger partial charge < -0.3 is 15.4 Å². The second kappa shape index (κ2) is 13.5. The second-order valence-corrected chi connectivity index (χ2v) is 11.0. The highest BCUT2D eigenvalue weighted by Gasteiger charge is 2.23. The molecule has 0 radical (unpaired) electrons. The van der Waals surface area contributed by atoms with Crippen molar-refractivity contribution in [1.82, 2.24) is 10.2 Å². The van der Waals surface area contributed by atoms with E-state index in [0.717, 1.165) is 25.9 Å². The van der Waals surface area contributed by atoms with Crippen molar-refractivity contribution >= 4 is 56.6 Å². The van der Waals surface area contributed by atoms with Gasteiger partial charge in [-0.1, -0.05) is 36.2 Å². The van der Waals surface area contributed by atoms with Crippen LogP contribution in [-0.2, 0) is 11.2 Å². The van der Waals surface area contributed by atoms with E-state index in [1.807, 2.05) is 6.07 Å². The minimum absolute atomic E-state index is 0.0818. The van der Waals surface area contributed by atoms with Crippen molar-refractivity contribution in [2.24, 2.45) is 0 Å². The van der Waals surface area contributed by atoms with E-state index in [2.05, 4.69) is 38.4 Å². The Morgan fingerprint density at radius 2 is 2.00 bits per heavy atom. The molecule has 0 saturated carbocycles. The fourth-order valence-electron chi connectivity index (χ4n) is 4.59. The van der Waals surface area contributed by atoms with E-state index in [9.17, 15) is 9.59 Å². The fourth-order valence-corrected chi connectivity index (χ4v) is 5.43. The average molecular weight is 648 g/mol. The van der Waals surface area contributed by atoms with Crippen molar-refractivity contribution in [2.45, 2.75) is 32.2 Å². The molecule has 7 nitrogen and oxygen atoms in total. The molecule has 208 valence electrons. The van der Waals surface area contributed by atoms with E-state index < -0.39 is 11.7 Å². The number of amides is 2. The summed E-state index contributed by atoms with van der Waals surface area (Å²) < 4.78 is 21.3. The normalized spacial score (nSPS) is 14.9. The number of hydrogen-bond donors (Lipinski definition) is 2. The quantitative estimate of drug-likeness (QED) is 0.262. The smallest absolute Gasteiger partial charge is 0.251 e. The zero-order valence-corrected chi connectivity index (χ0v) is 24.7. The lowest BCUT2D eigenvalue weighted by molar-refractivity contribution is -0.115. The molecule has 3 aromatic rings. The van der Waals surface area contributed by atoms with Gasteiger partial charge in [-0.3, -0.25) is 14.5 Å². The predicted octanol–water partition coefficient (Wildman–Crippen LogP) is 6.95. The largest absolute Gasteiger partial charge is 0.453 e. The zero-order chi connectivity index (χ0) is 28.8. The molecule has 1 fully saturated rings. The summed E-state index contributed by atoms with van der Waals surface area (Å²) in [4.78, 5) is 27.8. The van der Waals surface area contributed by atoms with Gasteiger partial charge in [0.05, 0.1) is 33.2 Å². The Morgan fingerprint density at radius 3 is 2.73 bits per heavy atom. The molecule has 2 N–H and O–H groups in total. The highest BCUT2D eigenvalue weighted by atomic mass is 79.9.